The summed E-state index contributed by atoms with van der Waals surface area (Å²) in [5.74, 6) is -1.35. The van der Waals surface area contributed by atoms with Crippen LogP contribution in [-0.4, -0.2) is 51.5 Å². The Bertz CT molecular complexity index is 1070. The fourth-order valence-electron chi connectivity index (χ4n) is 3.86. The molecule has 0 saturated carbocycles. The molecule has 1 saturated heterocycles. The van der Waals surface area contributed by atoms with E-state index in [-0.39, 0.29) is 12.6 Å². The first-order chi connectivity index (χ1) is 14.5. The van der Waals surface area contributed by atoms with Gasteiger partial charge in [-0.2, -0.15) is 5.10 Å². The normalized spacial score (nSPS) is 17.5. The second kappa shape index (κ2) is 8.37. The highest BCUT2D eigenvalue weighted by molar-refractivity contribution is 6.01. The first-order valence-corrected chi connectivity index (χ1v) is 9.74. The van der Waals surface area contributed by atoms with Crippen molar-refractivity contribution in [2.24, 2.45) is 0 Å². The standard InChI is InChI=1S/C21H22F2N4O3/c22-13-3-4-18(23)16(8-13)19-2-1-6-26(19)14-5-7-27-20(9-14)17(11-25-27)21(30)24-10-15(29)12-28/h3-5,7-9,11,15,19,28-29H,1-2,6,10,12H2,(H,24,30)/t15-,19?/m0/s1. The maximum atomic E-state index is 14.4. The van der Waals surface area contributed by atoms with Crippen molar-refractivity contribution in [2.45, 2.75) is 25.0 Å². The van der Waals surface area contributed by atoms with Gasteiger partial charge in [0.2, 0.25) is 0 Å². The molecule has 0 bridgehead atoms. The van der Waals surface area contributed by atoms with Crippen LogP contribution in [0.3, 0.4) is 0 Å². The molecular weight excluding hydrogens is 394 g/mol. The predicted octanol–water partition coefficient (Wildman–Crippen LogP) is 2.04. The zero-order valence-electron chi connectivity index (χ0n) is 16.1. The molecule has 1 amide bonds. The number of amides is 1. The van der Waals surface area contributed by atoms with E-state index in [0.717, 1.165) is 24.2 Å². The van der Waals surface area contributed by atoms with Gasteiger partial charge in [0.05, 0.1) is 36.0 Å². The zero-order valence-corrected chi connectivity index (χ0v) is 16.1. The van der Waals surface area contributed by atoms with Gasteiger partial charge in [-0.3, -0.25) is 4.79 Å². The van der Waals surface area contributed by atoms with Gasteiger partial charge in [0.25, 0.3) is 5.91 Å². The highest BCUT2D eigenvalue weighted by Gasteiger charge is 2.29. The number of halogens is 2. The third-order valence-electron chi connectivity index (χ3n) is 5.36. The van der Waals surface area contributed by atoms with E-state index in [1.807, 2.05) is 11.0 Å². The molecule has 1 aliphatic rings. The molecule has 30 heavy (non-hydrogen) atoms. The number of nitrogens with zero attached hydrogens (tertiary/aromatic N) is 3. The number of hydrogen-bond acceptors (Lipinski definition) is 5. The molecule has 0 spiro atoms. The van der Waals surface area contributed by atoms with Gasteiger partial charge in [-0.1, -0.05) is 0 Å². The van der Waals surface area contributed by atoms with E-state index in [9.17, 15) is 18.7 Å². The van der Waals surface area contributed by atoms with Crippen LogP contribution in [0.15, 0.2) is 42.7 Å². The molecule has 9 heteroatoms. The minimum absolute atomic E-state index is 0.0839. The van der Waals surface area contributed by atoms with E-state index in [1.54, 1.807) is 16.8 Å². The van der Waals surface area contributed by atoms with Gasteiger partial charge in [0.1, 0.15) is 11.6 Å². The molecule has 1 aromatic carbocycles. The summed E-state index contributed by atoms with van der Waals surface area (Å²) >= 11 is 0. The fraction of sp³-hybridized carbons (Fsp3) is 0.333. The number of nitrogens with one attached hydrogen (secondary N) is 1. The molecule has 4 rings (SSSR count). The quantitative estimate of drug-likeness (QED) is 0.572. The van der Waals surface area contributed by atoms with E-state index in [0.29, 0.717) is 29.6 Å². The number of carbonyl (C=O) groups is 1. The highest BCUT2D eigenvalue weighted by atomic mass is 19.1. The van der Waals surface area contributed by atoms with Gasteiger partial charge in [-0.15, -0.1) is 0 Å². The van der Waals surface area contributed by atoms with Gasteiger partial charge < -0.3 is 20.4 Å². The Labute approximate surface area is 171 Å². The van der Waals surface area contributed by atoms with Crippen molar-refractivity contribution in [3.8, 4) is 0 Å². The minimum atomic E-state index is -1.04. The number of aliphatic hydroxyl groups is 2. The molecule has 158 valence electrons. The zero-order chi connectivity index (χ0) is 21.3. The van der Waals surface area contributed by atoms with Crippen molar-refractivity contribution < 1.29 is 23.8 Å². The number of anilines is 1. The average molecular weight is 416 g/mol. The lowest BCUT2D eigenvalue weighted by Crippen LogP contribution is -2.33. The first kappa shape index (κ1) is 20.2. The van der Waals surface area contributed by atoms with Gasteiger partial charge in [0.15, 0.2) is 0 Å². The molecule has 1 fully saturated rings. The molecular formula is C21H22F2N4O3. The third-order valence-corrected chi connectivity index (χ3v) is 5.36. The summed E-state index contributed by atoms with van der Waals surface area (Å²) in [6.07, 6.45) is 3.61. The van der Waals surface area contributed by atoms with Crippen LogP contribution in [0.1, 0.15) is 34.8 Å². The largest absolute Gasteiger partial charge is 0.394 e. The highest BCUT2D eigenvalue weighted by Crippen LogP contribution is 2.38. The van der Waals surface area contributed by atoms with Crippen LogP contribution in [0, 0.1) is 11.6 Å². The summed E-state index contributed by atoms with van der Waals surface area (Å²) in [6.45, 7) is 0.140. The molecule has 7 nitrogen and oxygen atoms in total. The Hall–Kier alpha value is -3.04. The number of rotatable bonds is 6. The maximum absolute atomic E-state index is 14.4. The molecule has 0 aliphatic carbocycles. The molecule has 1 aliphatic heterocycles. The second-order valence-corrected chi connectivity index (χ2v) is 7.34. The Morgan fingerprint density at radius 3 is 2.93 bits per heavy atom. The van der Waals surface area contributed by atoms with Crippen LogP contribution in [0.5, 0.6) is 0 Å². The lowest BCUT2D eigenvalue weighted by molar-refractivity contribution is 0.0803. The van der Waals surface area contributed by atoms with Crippen molar-refractivity contribution in [2.75, 3.05) is 24.6 Å². The molecule has 0 radical (unpaired) electrons. The number of benzene rings is 1. The first-order valence-electron chi connectivity index (χ1n) is 9.74. The summed E-state index contributed by atoms with van der Waals surface area (Å²) in [6, 6.07) is 6.80. The fourth-order valence-corrected chi connectivity index (χ4v) is 3.86. The Morgan fingerprint density at radius 1 is 1.30 bits per heavy atom. The summed E-state index contributed by atoms with van der Waals surface area (Å²) in [4.78, 5) is 14.5. The molecule has 1 unspecified atom stereocenters. The maximum Gasteiger partial charge on any atom is 0.255 e. The van der Waals surface area contributed by atoms with E-state index in [2.05, 4.69) is 10.4 Å². The molecule has 2 atom stereocenters. The van der Waals surface area contributed by atoms with Gasteiger partial charge in [-0.05, 0) is 43.2 Å². The molecule has 3 N–H and O–H groups in total. The summed E-state index contributed by atoms with van der Waals surface area (Å²) in [5, 5.41) is 25.1. The Balaban J connectivity index is 1.64. The van der Waals surface area contributed by atoms with Crippen LogP contribution >= 0.6 is 0 Å². The number of aromatic nitrogens is 2. The lowest BCUT2D eigenvalue weighted by Gasteiger charge is -2.27. The van der Waals surface area contributed by atoms with Crippen molar-refractivity contribution in [3.05, 3.63) is 65.5 Å². The van der Waals surface area contributed by atoms with E-state index in [1.165, 1.54) is 12.3 Å². The number of hydrogen-bond donors (Lipinski definition) is 3. The predicted molar refractivity (Wildman–Crippen MR) is 106 cm³/mol. The monoisotopic (exact) mass is 416 g/mol. The van der Waals surface area contributed by atoms with Crippen molar-refractivity contribution >= 4 is 17.1 Å². The van der Waals surface area contributed by atoms with Crippen LogP contribution < -0.4 is 10.2 Å². The number of aliphatic hydroxyl groups excluding tert-OH is 2. The molecule has 3 heterocycles. The van der Waals surface area contributed by atoms with E-state index >= 15 is 0 Å². The van der Waals surface area contributed by atoms with Gasteiger partial charge in [-0.25, -0.2) is 13.3 Å². The van der Waals surface area contributed by atoms with Crippen molar-refractivity contribution in [1.82, 2.24) is 14.9 Å². The SMILES string of the molecule is O=C(NC[C@H](O)CO)c1cnn2ccc(N3CCCC3c3cc(F)ccc3F)cc12. The summed E-state index contributed by atoms with van der Waals surface area (Å²) in [7, 11) is 0. The number of carbonyl (C=O) groups excluding carboxylic acids is 1. The van der Waals surface area contributed by atoms with Crippen molar-refractivity contribution in [1.29, 1.82) is 0 Å². The smallest absolute Gasteiger partial charge is 0.255 e. The van der Waals surface area contributed by atoms with Gasteiger partial charge >= 0.3 is 0 Å². The number of pyridine rings is 1. The summed E-state index contributed by atoms with van der Waals surface area (Å²) < 4.78 is 29.6. The number of fused-ring (bicyclic) bond motifs is 1. The van der Waals surface area contributed by atoms with Crippen LogP contribution in [0.2, 0.25) is 0 Å². The van der Waals surface area contributed by atoms with Crippen LogP contribution in [0.4, 0.5) is 14.5 Å². The van der Waals surface area contributed by atoms with E-state index in [4.69, 9.17) is 5.11 Å². The summed E-state index contributed by atoms with van der Waals surface area (Å²) in [5.41, 5.74) is 1.96. The second-order valence-electron chi connectivity index (χ2n) is 7.34. The minimum Gasteiger partial charge on any atom is -0.394 e. The molecule has 3 aromatic rings. The van der Waals surface area contributed by atoms with Crippen molar-refractivity contribution in [3.63, 3.8) is 0 Å². The lowest BCUT2D eigenvalue weighted by atomic mass is 10.0. The van der Waals surface area contributed by atoms with Gasteiger partial charge in [0, 0.05) is 30.5 Å². The van der Waals surface area contributed by atoms with Crippen LogP contribution in [0.25, 0.3) is 5.52 Å². The van der Waals surface area contributed by atoms with E-state index < -0.39 is 30.3 Å². The average Bonchev–Trinajstić information content (AvgIpc) is 3.40. The van der Waals surface area contributed by atoms with Crippen LogP contribution in [-0.2, 0) is 0 Å². The Kier molecular flexibility index (Phi) is 5.65. The third kappa shape index (κ3) is 3.86. The topological polar surface area (TPSA) is 90.1 Å². The molecule has 2 aromatic heterocycles. The Morgan fingerprint density at radius 2 is 2.13 bits per heavy atom.